The van der Waals surface area contributed by atoms with E-state index in [1.807, 2.05) is 0 Å². The van der Waals surface area contributed by atoms with E-state index in [0.717, 1.165) is 0 Å². The van der Waals surface area contributed by atoms with E-state index in [1.54, 1.807) is 14.0 Å². The first kappa shape index (κ1) is 16.0. The molecule has 2 atom stereocenters. The summed E-state index contributed by atoms with van der Waals surface area (Å²) in [5.41, 5.74) is 5.51. The smallest absolute Gasteiger partial charge is 0.354 e. The molecule has 0 aliphatic rings. The van der Waals surface area contributed by atoms with Crippen LogP contribution in [0, 0.1) is 0 Å². The molecule has 0 spiro atoms. The van der Waals surface area contributed by atoms with Crippen LogP contribution >= 0.6 is 0 Å². The molecule has 0 fully saturated rings. The van der Waals surface area contributed by atoms with Gasteiger partial charge in [-0.1, -0.05) is 6.92 Å². The quantitative estimate of drug-likeness (QED) is 0.706. The van der Waals surface area contributed by atoms with E-state index in [0.29, 0.717) is 0 Å². The highest BCUT2D eigenvalue weighted by molar-refractivity contribution is 5.80. The number of nitrogens with zero attached hydrogens (tertiary/aromatic N) is 2. The molecule has 112 valence electrons. The van der Waals surface area contributed by atoms with Crippen LogP contribution in [0.1, 0.15) is 26.7 Å². The molecule has 20 heavy (non-hydrogen) atoms. The predicted octanol–water partition coefficient (Wildman–Crippen LogP) is 0.000400. The van der Waals surface area contributed by atoms with Gasteiger partial charge in [-0.15, -0.1) is 0 Å². The van der Waals surface area contributed by atoms with Crippen molar-refractivity contribution < 1.29 is 24.2 Å². The molecule has 0 aromatic carbocycles. The minimum absolute atomic E-state index is 0.0417. The monoisotopic (exact) mass is 285 g/mol. The lowest BCUT2D eigenvalue weighted by Crippen LogP contribution is -2.31. The van der Waals surface area contributed by atoms with E-state index in [4.69, 9.17) is 20.3 Å². The maximum Gasteiger partial charge on any atom is 0.354 e. The number of aryl methyl sites for hydroxylation is 1. The number of aliphatic hydroxyl groups excluding tert-OH is 1. The Morgan fingerprint density at radius 1 is 1.55 bits per heavy atom. The van der Waals surface area contributed by atoms with Gasteiger partial charge in [-0.05, 0) is 13.3 Å². The number of rotatable bonds is 6. The summed E-state index contributed by atoms with van der Waals surface area (Å²) in [6.07, 6.45) is -0.346. The first-order chi connectivity index (χ1) is 9.33. The Labute approximate surface area is 116 Å². The summed E-state index contributed by atoms with van der Waals surface area (Å²) in [6.45, 7) is 3.13. The SMILES string of the molecule is CCC(OC(=O)CC(C)O)C(=O)Oc1cn(C)c(N)n1. The molecule has 0 radical (unpaired) electrons. The van der Waals surface area contributed by atoms with E-state index in [2.05, 4.69) is 4.98 Å². The molecule has 2 unspecified atom stereocenters. The molecular formula is C12H19N3O5. The number of aromatic nitrogens is 2. The van der Waals surface area contributed by atoms with Crippen molar-refractivity contribution in [3.63, 3.8) is 0 Å². The van der Waals surface area contributed by atoms with E-state index in [9.17, 15) is 9.59 Å². The van der Waals surface area contributed by atoms with Crippen molar-refractivity contribution in [1.29, 1.82) is 0 Å². The van der Waals surface area contributed by atoms with E-state index < -0.39 is 24.1 Å². The standard InChI is InChI=1S/C12H19N3O5/c1-4-8(19-10(17)5-7(2)16)11(18)20-9-6-15(3)12(13)14-9/h6-8,16H,4-5H2,1-3H3,(H2,13,14). The van der Waals surface area contributed by atoms with Crippen molar-refractivity contribution in [2.24, 2.45) is 7.05 Å². The van der Waals surface area contributed by atoms with Crippen molar-refractivity contribution >= 4 is 17.9 Å². The minimum atomic E-state index is -1.04. The first-order valence-electron chi connectivity index (χ1n) is 6.21. The number of ether oxygens (including phenoxy) is 2. The topological polar surface area (TPSA) is 117 Å². The number of anilines is 1. The maximum absolute atomic E-state index is 11.8. The normalized spacial score (nSPS) is 13.6. The molecule has 8 nitrogen and oxygen atoms in total. The zero-order chi connectivity index (χ0) is 15.3. The van der Waals surface area contributed by atoms with Gasteiger partial charge in [-0.3, -0.25) is 4.79 Å². The lowest BCUT2D eigenvalue weighted by molar-refractivity contribution is -0.163. The number of carbonyl (C=O) groups is 2. The Hall–Kier alpha value is -2.09. The van der Waals surface area contributed by atoms with Crippen molar-refractivity contribution in [3.8, 4) is 5.88 Å². The zero-order valence-corrected chi connectivity index (χ0v) is 11.7. The maximum atomic E-state index is 11.8. The fourth-order valence-electron chi connectivity index (χ4n) is 1.42. The molecule has 1 aromatic rings. The van der Waals surface area contributed by atoms with E-state index in [-0.39, 0.29) is 24.7 Å². The Morgan fingerprint density at radius 2 is 2.20 bits per heavy atom. The number of imidazole rings is 1. The summed E-state index contributed by atoms with van der Waals surface area (Å²) < 4.78 is 11.4. The first-order valence-corrected chi connectivity index (χ1v) is 6.21. The molecule has 1 rings (SSSR count). The van der Waals surface area contributed by atoms with Crippen molar-refractivity contribution in [2.75, 3.05) is 5.73 Å². The summed E-state index contributed by atoms with van der Waals surface area (Å²) in [5, 5.41) is 9.07. The number of aliphatic hydroxyl groups is 1. The van der Waals surface area contributed by atoms with E-state index in [1.165, 1.54) is 17.7 Å². The molecule has 0 saturated carbocycles. The van der Waals surface area contributed by atoms with Gasteiger partial charge in [0, 0.05) is 7.05 Å². The summed E-state index contributed by atoms with van der Waals surface area (Å²) in [4.78, 5) is 27.1. The molecule has 0 amide bonds. The molecule has 3 N–H and O–H groups in total. The third kappa shape index (κ3) is 4.54. The predicted molar refractivity (Wildman–Crippen MR) is 69.7 cm³/mol. The Morgan fingerprint density at radius 3 is 2.65 bits per heavy atom. The second-order valence-corrected chi connectivity index (χ2v) is 4.41. The van der Waals surface area contributed by atoms with Gasteiger partial charge in [-0.2, -0.15) is 4.98 Å². The Bertz CT molecular complexity index is 464. The number of nitrogen functional groups attached to an aromatic ring is 1. The van der Waals surface area contributed by atoms with Crippen LogP contribution in [0.25, 0.3) is 0 Å². The molecule has 0 bridgehead atoms. The van der Waals surface area contributed by atoms with Crippen molar-refractivity contribution in [2.45, 2.75) is 38.9 Å². The van der Waals surface area contributed by atoms with Crippen LogP contribution in [0.3, 0.4) is 0 Å². The number of hydrogen-bond acceptors (Lipinski definition) is 7. The third-order valence-electron chi connectivity index (χ3n) is 2.46. The van der Waals surface area contributed by atoms with Crippen LogP contribution in [-0.2, 0) is 21.4 Å². The van der Waals surface area contributed by atoms with Crippen LogP contribution in [-0.4, -0.2) is 38.8 Å². The van der Waals surface area contributed by atoms with Crippen LogP contribution in [0.5, 0.6) is 5.88 Å². The number of nitrogens with two attached hydrogens (primary N) is 1. The highest BCUT2D eigenvalue weighted by Crippen LogP contribution is 2.13. The van der Waals surface area contributed by atoms with Gasteiger partial charge in [0.25, 0.3) is 0 Å². The number of hydrogen-bond donors (Lipinski definition) is 2. The molecular weight excluding hydrogens is 266 g/mol. The van der Waals surface area contributed by atoms with Gasteiger partial charge in [0.2, 0.25) is 11.8 Å². The molecule has 0 saturated heterocycles. The highest BCUT2D eigenvalue weighted by Gasteiger charge is 2.24. The van der Waals surface area contributed by atoms with Gasteiger partial charge in [0.05, 0.1) is 18.7 Å². The van der Waals surface area contributed by atoms with Crippen LogP contribution < -0.4 is 10.5 Å². The van der Waals surface area contributed by atoms with Gasteiger partial charge < -0.3 is 24.9 Å². The summed E-state index contributed by atoms with van der Waals surface area (Å²) in [6, 6.07) is 0. The molecule has 8 heteroatoms. The molecule has 1 heterocycles. The lowest BCUT2D eigenvalue weighted by atomic mass is 10.2. The van der Waals surface area contributed by atoms with Crippen LogP contribution in [0.2, 0.25) is 0 Å². The largest absolute Gasteiger partial charge is 0.450 e. The fourth-order valence-corrected chi connectivity index (χ4v) is 1.42. The zero-order valence-electron chi connectivity index (χ0n) is 11.7. The minimum Gasteiger partial charge on any atom is -0.450 e. The molecule has 0 aliphatic carbocycles. The number of carbonyl (C=O) groups excluding carboxylic acids is 2. The van der Waals surface area contributed by atoms with Crippen molar-refractivity contribution in [3.05, 3.63) is 6.20 Å². The fraction of sp³-hybridized carbons (Fsp3) is 0.583. The van der Waals surface area contributed by atoms with Gasteiger partial charge in [-0.25, -0.2) is 4.79 Å². The Balaban J connectivity index is 2.60. The van der Waals surface area contributed by atoms with E-state index >= 15 is 0 Å². The summed E-state index contributed by atoms with van der Waals surface area (Å²) in [7, 11) is 1.65. The average Bonchev–Trinajstić information content (AvgIpc) is 2.64. The highest BCUT2D eigenvalue weighted by atomic mass is 16.6. The average molecular weight is 285 g/mol. The molecule has 1 aromatic heterocycles. The summed E-state index contributed by atoms with van der Waals surface area (Å²) >= 11 is 0. The molecule has 0 aliphatic heterocycles. The van der Waals surface area contributed by atoms with Crippen LogP contribution in [0.15, 0.2) is 6.20 Å². The van der Waals surface area contributed by atoms with Crippen LogP contribution in [0.4, 0.5) is 5.95 Å². The van der Waals surface area contributed by atoms with Gasteiger partial charge >= 0.3 is 11.9 Å². The van der Waals surface area contributed by atoms with Crippen molar-refractivity contribution in [1.82, 2.24) is 9.55 Å². The van der Waals surface area contributed by atoms with Gasteiger partial charge in [0.1, 0.15) is 0 Å². The van der Waals surface area contributed by atoms with Gasteiger partial charge in [0.15, 0.2) is 6.10 Å². The summed E-state index contributed by atoms with van der Waals surface area (Å²) in [5.74, 6) is -1.15. The second-order valence-electron chi connectivity index (χ2n) is 4.41. The number of esters is 2. The Kier molecular flexibility index (Phi) is 5.51. The second kappa shape index (κ2) is 6.90. The third-order valence-corrected chi connectivity index (χ3v) is 2.46. The lowest BCUT2D eigenvalue weighted by Gasteiger charge is -2.14.